The van der Waals surface area contributed by atoms with Gasteiger partial charge in [0.15, 0.2) is 16.9 Å². The molecule has 2 fully saturated rings. The van der Waals surface area contributed by atoms with Gasteiger partial charge in [-0.1, -0.05) is 39.8 Å². The van der Waals surface area contributed by atoms with Gasteiger partial charge in [-0.3, -0.25) is 4.79 Å². The van der Waals surface area contributed by atoms with Crippen LogP contribution in [0.25, 0.3) is 11.0 Å². The van der Waals surface area contributed by atoms with Gasteiger partial charge in [0, 0.05) is 49.1 Å². The van der Waals surface area contributed by atoms with Crippen LogP contribution in [0.5, 0.6) is 11.5 Å². The van der Waals surface area contributed by atoms with E-state index >= 15 is 0 Å². The molecule has 2 aliphatic carbocycles. The SMILES string of the molecule is CCOC(=O)CCc1cc2ccoc2c2c1O[C@]13C=C[C@@H](SSCCNCCO2)[C@](CO)(O1)[C@@]1(O)C[C@@H]2C=C[C@@H](O)[C@@H](CO)[C@H]2[C@@]3(O)[C@H]1O. The maximum Gasteiger partial charge on any atom is 0.306 e. The third-order valence-electron chi connectivity index (χ3n) is 10.8. The zero-order valence-electron chi connectivity index (χ0n) is 27.0. The van der Waals surface area contributed by atoms with Crippen LogP contribution in [0, 0.1) is 17.8 Å². The van der Waals surface area contributed by atoms with E-state index in [1.54, 1.807) is 31.2 Å². The zero-order valence-corrected chi connectivity index (χ0v) is 28.7. The molecule has 7 N–H and O–H groups in total. The van der Waals surface area contributed by atoms with E-state index in [1.165, 1.54) is 40.0 Å². The number of hydrogen-bond donors (Lipinski definition) is 7. The largest absolute Gasteiger partial charge is 0.485 e. The first kappa shape index (κ1) is 35.1. The van der Waals surface area contributed by atoms with Gasteiger partial charge in [-0.2, -0.15) is 0 Å². The number of ether oxygens (including phenoxy) is 4. The minimum absolute atomic E-state index is 0.0182. The van der Waals surface area contributed by atoms with Gasteiger partial charge in [-0.15, -0.1) is 0 Å². The zero-order chi connectivity index (χ0) is 34.6. The highest BCUT2D eigenvalue weighted by Crippen LogP contribution is 2.66. The summed E-state index contributed by atoms with van der Waals surface area (Å²) in [7, 11) is 2.87. The Morgan fingerprint density at radius 3 is 2.76 bits per heavy atom. The molecule has 3 aliphatic heterocycles. The summed E-state index contributed by atoms with van der Waals surface area (Å²) in [5.74, 6) is -4.61. The van der Waals surface area contributed by atoms with Crippen LogP contribution in [0.15, 0.2) is 47.1 Å². The van der Waals surface area contributed by atoms with E-state index < -0.39 is 77.0 Å². The van der Waals surface area contributed by atoms with E-state index in [0.29, 0.717) is 35.4 Å². The number of furan rings is 1. The second-order valence-electron chi connectivity index (χ2n) is 13.3. The second-order valence-corrected chi connectivity index (χ2v) is 16.0. The Hall–Kier alpha value is -2.31. The predicted molar refractivity (Wildman–Crippen MR) is 180 cm³/mol. The first-order valence-corrected chi connectivity index (χ1v) is 19.1. The number of fused-ring (bicyclic) bond motifs is 11. The molecule has 10 atom stereocenters. The molecule has 1 saturated heterocycles. The summed E-state index contributed by atoms with van der Waals surface area (Å²) in [5, 5.41) is 74.3. The lowest BCUT2D eigenvalue weighted by Gasteiger charge is -2.71. The minimum Gasteiger partial charge on any atom is -0.485 e. The van der Waals surface area contributed by atoms with Gasteiger partial charge >= 0.3 is 5.97 Å². The third kappa shape index (κ3) is 5.27. The van der Waals surface area contributed by atoms with Crippen molar-refractivity contribution in [1.82, 2.24) is 5.32 Å². The van der Waals surface area contributed by atoms with Gasteiger partial charge in [-0.05, 0) is 49.5 Å². The molecule has 5 bridgehead atoms. The summed E-state index contributed by atoms with van der Waals surface area (Å²) in [6.45, 7) is 1.92. The monoisotopic (exact) mass is 721 g/mol. The van der Waals surface area contributed by atoms with Gasteiger partial charge < -0.3 is 59.3 Å². The molecule has 1 aromatic heterocycles. The lowest BCUT2D eigenvalue weighted by molar-refractivity contribution is -0.450. The number of aliphatic hydroxyl groups is 6. The third-order valence-corrected chi connectivity index (χ3v) is 13.6. The van der Waals surface area contributed by atoms with Crippen molar-refractivity contribution in [3.63, 3.8) is 0 Å². The molecule has 13 nitrogen and oxygen atoms in total. The Balaban J connectivity index is 1.48. The fourth-order valence-electron chi connectivity index (χ4n) is 8.51. The lowest BCUT2D eigenvalue weighted by atomic mass is 9.47. The van der Waals surface area contributed by atoms with Gasteiger partial charge in [-0.25, -0.2) is 0 Å². The molecule has 1 spiro atoms. The smallest absolute Gasteiger partial charge is 0.306 e. The molecule has 1 aromatic carbocycles. The van der Waals surface area contributed by atoms with Crippen molar-refractivity contribution >= 4 is 38.5 Å². The number of carbonyl (C=O) groups excluding carboxylic acids is 1. The first-order valence-electron chi connectivity index (χ1n) is 16.7. The Bertz CT molecular complexity index is 1620. The molecule has 0 unspecified atom stereocenters. The van der Waals surface area contributed by atoms with Crippen LogP contribution in [0.1, 0.15) is 25.3 Å². The van der Waals surface area contributed by atoms with Crippen molar-refractivity contribution in [3.8, 4) is 11.5 Å². The summed E-state index contributed by atoms with van der Waals surface area (Å²) in [5.41, 5.74) is -5.79. The average molecular weight is 722 g/mol. The van der Waals surface area contributed by atoms with Crippen molar-refractivity contribution in [2.75, 3.05) is 45.3 Å². The molecular formula is C34H43NO12S2. The molecule has 49 heavy (non-hydrogen) atoms. The van der Waals surface area contributed by atoms with Crippen LogP contribution in [0.4, 0.5) is 0 Å². The molecule has 15 heteroatoms. The Labute approximate surface area is 291 Å². The van der Waals surface area contributed by atoms with Crippen molar-refractivity contribution in [2.45, 2.75) is 66.2 Å². The topological polar surface area (TPSA) is 201 Å². The molecular weight excluding hydrogens is 679 g/mol. The maximum absolute atomic E-state index is 13.2. The minimum atomic E-state index is -2.51. The molecule has 0 radical (unpaired) electrons. The highest BCUT2D eigenvalue weighted by molar-refractivity contribution is 8.77. The average Bonchev–Trinajstić information content (AvgIpc) is 3.56. The Morgan fingerprint density at radius 2 is 1.98 bits per heavy atom. The Morgan fingerprint density at radius 1 is 1.14 bits per heavy atom. The highest BCUT2D eigenvalue weighted by Gasteiger charge is 2.83. The van der Waals surface area contributed by atoms with Gasteiger partial charge in [0.25, 0.3) is 5.79 Å². The van der Waals surface area contributed by atoms with Crippen LogP contribution in [-0.4, -0.2) is 122 Å². The van der Waals surface area contributed by atoms with Crippen LogP contribution >= 0.6 is 21.6 Å². The summed E-state index contributed by atoms with van der Waals surface area (Å²) < 4.78 is 31.2. The van der Waals surface area contributed by atoms with Crippen molar-refractivity contribution in [2.24, 2.45) is 17.8 Å². The van der Waals surface area contributed by atoms with E-state index in [0.717, 1.165) is 0 Å². The van der Waals surface area contributed by atoms with Crippen LogP contribution in [0.2, 0.25) is 0 Å². The fraction of sp³-hybridized carbons (Fsp3) is 0.618. The molecule has 268 valence electrons. The fourth-order valence-corrected chi connectivity index (χ4v) is 11.2. The van der Waals surface area contributed by atoms with E-state index in [4.69, 9.17) is 23.4 Å². The number of benzene rings is 1. The van der Waals surface area contributed by atoms with Crippen LogP contribution < -0.4 is 14.8 Å². The highest BCUT2D eigenvalue weighted by atomic mass is 33.1. The van der Waals surface area contributed by atoms with Gasteiger partial charge in [0.2, 0.25) is 5.75 Å². The van der Waals surface area contributed by atoms with Gasteiger partial charge in [0.1, 0.15) is 23.9 Å². The number of aryl methyl sites for hydroxylation is 1. The Kier molecular flexibility index (Phi) is 9.56. The summed E-state index contributed by atoms with van der Waals surface area (Å²) in [6.07, 6.45) is 4.69. The van der Waals surface area contributed by atoms with E-state index in [9.17, 15) is 35.4 Å². The number of rotatable bonds is 6. The quantitative estimate of drug-likeness (QED) is 0.127. The molecule has 0 amide bonds. The standard InChI is InChI=1S/C34H43NO12S2/c1-2-43-25(39)6-4-19-15-20-8-12-44-27(20)29-28(19)46-33-9-7-24(49-48-14-11-35-10-13-45-29)32(18-37,47-33)31(41)16-21-3-5-23(38)22(17-36)26(21)34(33,42)30(31)40/h3,5,7-9,12,15,21-24,26,30,35-38,40-42H,2,4,6,10-11,13-14,16-18H2,1H3/t21-,22+,23+,24+,26-,30-,31+,32-,33+,34+/m0/s1. The van der Waals surface area contributed by atoms with Crippen molar-refractivity contribution in [1.29, 1.82) is 0 Å². The summed E-state index contributed by atoms with van der Waals surface area (Å²) in [4.78, 5) is 12.6. The first-order chi connectivity index (χ1) is 23.6. The molecule has 1 saturated carbocycles. The predicted octanol–water partition coefficient (Wildman–Crippen LogP) is 1.07. The lowest BCUT2D eigenvalue weighted by Crippen LogP contribution is -2.90. The number of aliphatic hydroxyl groups excluding tert-OH is 4. The van der Waals surface area contributed by atoms with E-state index in [2.05, 4.69) is 5.32 Å². The van der Waals surface area contributed by atoms with Crippen LogP contribution in [0.3, 0.4) is 0 Å². The second kappa shape index (κ2) is 13.3. The maximum atomic E-state index is 13.2. The van der Waals surface area contributed by atoms with Crippen molar-refractivity contribution in [3.05, 3.63) is 48.3 Å². The summed E-state index contributed by atoms with van der Waals surface area (Å²) >= 11 is 0. The molecule has 7 rings (SSSR count). The number of allylic oxidation sites excluding steroid dienone is 1. The van der Waals surface area contributed by atoms with Crippen LogP contribution in [-0.2, 0) is 20.7 Å². The molecule has 2 aromatic rings. The number of esters is 1. The number of nitrogens with one attached hydrogen (secondary N) is 1. The van der Waals surface area contributed by atoms with E-state index in [1.807, 2.05) is 0 Å². The number of hydrogen-bond acceptors (Lipinski definition) is 15. The summed E-state index contributed by atoms with van der Waals surface area (Å²) in [6, 6.07) is 3.52. The molecule has 4 heterocycles. The number of carbonyl (C=O) groups is 1. The van der Waals surface area contributed by atoms with Crippen molar-refractivity contribution < 1.29 is 58.8 Å². The molecule has 5 aliphatic rings. The normalized spacial score (nSPS) is 40.0. The van der Waals surface area contributed by atoms with Gasteiger partial charge in [0.05, 0.1) is 30.8 Å². The van der Waals surface area contributed by atoms with E-state index in [-0.39, 0.29) is 44.0 Å².